The van der Waals surface area contributed by atoms with Crippen LogP contribution in [0.4, 0.5) is 5.13 Å². The molecule has 27 heavy (non-hydrogen) atoms. The van der Waals surface area contributed by atoms with Crippen molar-refractivity contribution in [3.05, 3.63) is 34.8 Å². The van der Waals surface area contributed by atoms with Gasteiger partial charge in [0.25, 0.3) is 0 Å². The number of aryl methyl sites for hydroxylation is 1. The zero-order chi connectivity index (χ0) is 18.9. The minimum atomic E-state index is 0.0761. The third-order valence-corrected chi connectivity index (χ3v) is 6.09. The Bertz CT molecular complexity index is 838. The first-order valence-corrected chi connectivity index (χ1v) is 10.2. The summed E-state index contributed by atoms with van der Waals surface area (Å²) < 4.78 is 10.9. The predicted molar refractivity (Wildman–Crippen MR) is 105 cm³/mol. The van der Waals surface area contributed by atoms with E-state index in [-0.39, 0.29) is 11.3 Å². The fraction of sp³-hybridized carbons (Fsp3) is 0.500. The molecule has 144 valence electrons. The number of ether oxygens (including phenoxy) is 2. The van der Waals surface area contributed by atoms with Gasteiger partial charge in [-0.3, -0.25) is 4.79 Å². The highest BCUT2D eigenvalue weighted by Gasteiger charge is 2.33. The van der Waals surface area contributed by atoms with E-state index in [9.17, 15) is 4.79 Å². The van der Waals surface area contributed by atoms with Gasteiger partial charge in [0.15, 0.2) is 16.6 Å². The first-order chi connectivity index (χ1) is 13.0. The van der Waals surface area contributed by atoms with Gasteiger partial charge < -0.3 is 20.1 Å². The maximum absolute atomic E-state index is 12.7. The van der Waals surface area contributed by atoms with Crippen molar-refractivity contribution in [3.8, 4) is 11.5 Å². The molecule has 1 fully saturated rings. The SMILES string of the molecule is C[C@@]1(Cc2ccc3c(c2)OCO3)CCCN(C(=O)CCc2csc(N)n2)C1. The summed E-state index contributed by atoms with van der Waals surface area (Å²) in [5.74, 6) is 1.84. The number of fused-ring (bicyclic) bond motifs is 1. The second-order valence-corrected chi connectivity index (χ2v) is 8.66. The minimum Gasteiger partial charge on any atom is -0.454 e. The number of anilines is 1. The molecule has 2 aromatic rings. The lowest BCUT2D eigenvalue weighted by Gasteiger charge is -2.41. The topological polar surface area (TPSA) is 77.7 Å². The van der Waals surface area contributed by atoms with E-state index >= 15 is 0 Å². The number of thiazole rings is 1. The normalized spacial score (nSPS) is 21.4. The highest BCUT2D eigenvalue weighted by atomic mass is 32.1. The Hall–Kier alpha value is -2.28. The summed E-state index contributed by atoms with van der Waals surface area (Å²) in [6, 6.07) is 6.15. The van der Waals surface area contributed by atoms with Gasteiger partial charge in [0.05, 0.1) is 5.69 Å². The van der Waals surface area contributed by atoms with Crippen molar-refractivity contribution in [2.75, 3.05) is 25.6 Å². The maximum atomic E-state index is 12.7. The van der Waals surface area contributed by atoms with E-state index in [2.05, 4.69) is 24.0 Å². The number of amides is 1. The van der Waals surface area contributed by atoms with E-state index in [4.69, 9.17) is 15.2 Å². The molecule has 6 nitrogen and oxygen atoms in total. The van der Waals surface area contributed by atoms with Gasteiger partial charge in [-0.25, -0.2) is 4.98 Å². The zero-order valence-electron chi connectivity index (χ0n) is 15.6. The number of hydrogen-bond acceptors (Lipinski definition) is 6. The summed E-state index contributed by atoms with van der Waals surface area (Å²) in [6.07, 6.45) is 4.23. The Morgan fingerprint density at radius 1 is 1.37 bits per heavy atom. The van der Waals surface area contributed by atoms with Crippen LogP contribution in [0.3, 0.4) is 0 Å². The van der Waals surface area contributed by atoms with Gasteiger partial charge in [-0.05, 0) is 48.8 Å². The summed E-state index contributed by atoms with van der Waals surface area (Å²) >= 11 is 1.42. The lowest BCUT2D eigenvalue weighted by molar-refractivity contribution is -0.134. The number of rotatable bonds is 5. The van der Waals surface area contributed by atoms with Crippen molar-refractivity contribution in [1.82, 2.24) is 9.88 Å². The maximum Gasteiger partial charge on any atom is 0.231 e. The molecular weight excluding hydrogens is 362 g/mol. The first kappa shape index (κ1) is 18.1. The molecule has 4 rings (SSSR count). The van der Waals surface area contributed by atoms with Crippen LogP contribution in [0.1, 0.15) is 37.4 Å². The molecule has 0 spiro atoms. The molecule has 0 radical (unpaired) electrons. The van der Waals surface area contributed by atoms with E-state index in [1.54, 1.807) is 0 Å². The summed E-state index contributed by atoms with van der Waals surface area (Å²) in [6.45, 7) is 4.20. The predicted octanol–water partition coefficient (Wildman–Crippen LogP) is 3.26. The van der Waals surface area contributed by atoms with Crippen LogP contribution >= 0.6 is 11.3 Å². The monoisotopic (exact) mass is 387 g/mol. The number of benzene rings is 1. The molecule has 2 aliphatic heterocycles. The number of likely N-dealkylation sites (tertiary alicyclic amines) is 1. The molecule has 0 unspecified atom stereocenters. The van der Waals surface area contributed by atoms with Crippen molar-refractivity contribution in [2.24, 2.45) is 5.41 Å². The Morgan fingerprint density at radius 3 is 3.04 bits per heavy atom. The van der Waals surface area contributed by atoms with Crippen LogP contribution < -0.4 is 15.2 Å². The van der Waals surface area contributed by atoms with E-state index in [1.807, 2.05) is 16.3 Å². The number of carbonyl (C=O) groups is 1. The van der Waals surface area contributed by atoms with E-state index in [0.717, 1.165) is 49.5 Å². The van der Waals surface area contributed by atoms with E-state index in [0.29, 0.717) is 24.8 Å². The molecule has 1 saturated heterocycles. The summed E-state index contributed by atoms with van der Waals surface area (Å²) in [5.41, 5.74) is 7.88. The van der Waals surface area contributed by atoms with Gasteiger partial charge in [0.2, 0.25) is 12.7 Å². The molecule has 0 aliphatic carbocycles. The first-order valence-electron chi connectivity index (χ1n) is 9.37. The smallest absolute Gasteiger partial charge is 0.231 e. The molecule has 2 aliphatic rings. The van der Waals surface area contributed by atoms with Crippen LogP contribution in [0.15, 0.2) is 23.6 Å². The molecule has 0 bridgehead atoms. The van der Waals surface area contributed by atoms with Gasteiger partial charge in [0.1, 0.15) is 0 Å². The molecule has 1 aromatic heterocycles. The summed E-state index contributed by atoms with van der Waals surface area (Å²) in [7, 11) is 0. The fourth-order valence-corrected chi connectivity index (χ4v) is 4.64. The highest BCUT2D eigenvalue weighted by molar-refractivity contribution is 7.13. The van der Waals surface area contributed by atoms with Crippen LogP contribution in [-0.4, -0.2) is 35.7 Å². The Kier molecular flexibility index (Phi) is 4.95. The van der Waals surface area contributed by atoms with Gasteiger partial charge in [-0.2, -0.15) is 0 Å². The molecule has 1 amide bonds. The lowest BCUT2D eigenvalue weighted by atomic mass is 9.77. The van der Waals surface area contributed by atoms with Crippen LogP contribution in [0.2, 0.25) is 0 Å². The number of piperidine rings is 1. The van der Waals surface area contributed by atoms with Gasteiger partial charge in [0, 0.05) is 24.9 Å². The number of hydrogen-bond donors (Lipinski definition) is 1. The molecular formula is C20H25N3O3S. The minimum absolute atomic E-state index is 0.0761. The summed E-state index contributed by atoms with van der Waals surface area (Å²) in [5, 5.41) is 2.49. The standard InChI is InChI=1S/C20H25N3O3S/c1-20(10-14-3-5-16-17(9-14)26-13-25-16)7-2-8-23(12-20)18(24)6-4-15-11-27-19(21)22-15/h3,5,9,11H,2,4,6-8,10,12-13H2,1H3,(H2,21,22)/t20-/m0/s1. The third-order valence-electron chi connectivity index (χ3n) is 5.37. The quantitative estimate of drug-likeness (QED) is 0.852. The number of aromatic nitrogens is 1. The second-order valence-electron chi connectivity index (χ2n) is 7.77. The average Bonchev–Trinajstić information content (AvgIpc) is 3.27. The zero-order valence-corrected chi connectivity index (χ0v) is 16.4. The van der Waals surface area contributed by atoms with E-state index in [1.165, 1.54) is 16.9 Å². The lowest BCUT2D eigenvalue weighted by Crippen LogP contribution is -2.45. The largest absolute Gasteiger partial charge is 0.454 e. The van der Waals surface area contributed by atoms with Crippen LogP contribution in [-0.2, 0) is 17.6 Å². The number of nitrogens with two attached hydrogens (primary N) is 1. The van der Waals surface area contributed by atoms with Crippen molar-refractivity contribution < 1.29 is 14.3 Å². The second kappa shape index (κ2) is 7.38. The fourth-order valence-electron chi connectivity index (χ4n) is 4.05. The van der Waals surface area contributed by atoms with Crippen molar-refractivity contribution in [2.45, 2.75) is 39.0 Å². The third kappa shape index (κ3) is 4.18. The average molecular weight is 388 g/mol. The molecule has 3 heterocycles. The molecule has 1 atom stereocenters. The van der Waals surface area contributed by atoms with Crippen LogP contribution in [0, 0.1) is 5.41 Å². The van der Waals surface area contributed by atoms with Crippen LogP contribution in [0.25, 0.3) is 0 Å². The number of nitrogen functional groups attached to an aromatic ring is 1. The van der Waals surface area contributed by atoms with Gasteiger partial charge in [-0.1, -0.05) is 13.0 Å². The summed E-state index contributed by atoms with van der Waals surface area (Å²) in [4.78, 5) is 19.0. The van der Waals surface area contributed by atoms with Gasteiger partial charge in [-0.15, -0.1) is 11.3 Å². The number of carbonyl (C=O) groups excluding carboxylic acids is 1. The van der Waals surface area contributed by atoms with E-state index < -0.39 is 0 Å². The molecule has 2 N–H and O–H groups in total. The van der Waals surface area contributed by atoms with Crippen molar-refractivity contribution >= 4 is 22.4 Å². The van der Waals surface area contributed by atoms with Crippen molar-refractivity contribution in [1.29, 1.82) is 0 Å². The number of nitrogens with zero attached hydrogens (tertiary/aromatic N) is 2. The van der Waals surface area contributed by atoms with Crippen LogP contribution in [0.5, 0.6) is 11.5 Å². The Labute approximate surface area is 163 Å². The molecule has 0 saturated carbocycles. The Balaban J connectivity index is 1.36. The molecule has 7 heteroatoms. The van der Waals surface area contributed by atoms with Crippen molar-refractivity contribution in [3.63, 3.8) is 0 Å². The molecule has 1 aromatic carbocycles. The van der Waals surface area contributed by atoms with Gasteiger partial charge >= 0.3 is 0 Å². The Morgan fingerprint density at radius 2 is 2.22 bits per heavy atom. The highest BCUT2D eigenvalue weighted by Crippen LogP contribution is 2.37.